The molecule has 0 fully saturated rings. The fourth-order valence-corrected chi connectivity index (χ4v) is 6.13. The van der Waals surface area contributed by atoms with Gasteiger partial charge in [-0.25, -0.2) is 0 Å². The van der Waals surface area contributed by atoms with Gasteiger partial charge in [0.1, 0.15) is 0 Å². The molecule has 2 nitrogen and oxygen atoms in total. The molecule has 0 unspecified atom stereocenters. The summed E-state index contributed by atoms with van der Waals surface area (Å²) >= 11 is 0. The van der Waals surface area contributed by atoms with Crippen LogP contribution in [0.2, 0.25) is 0 Å². The minimum absolute atomic E-state index is 1.15. The van der Waals surface area contributed by atoms with Gasteiger partial charge in [-0.2, -0.15) is 0 Å². The van der Waals surface area contributed by atoms with Crippen LogP contribution in [-0.4, -0.2) is 7.05 Å². The van der Waals surface area contributed by atoms with Crippen LogP contribution < -0.4 is 9.80 Å². The Labute approximate surface area is 277 Å². The smallest absolute Gasteiger partial charge is 0.0540 e. The zero-order valence-electron chi connectivity index (χ0n) is 26.4. The number of nitrogens with zero attached hydrogens (tertiary/aromatic N) is 2. The van der Waals surface area contributed by atoms with E-state index in [4.69, 9.17) is 0 Å². The van der Waals surface area contributed by atoms with E-state index in [9.17, 15) is 0 Å². The lowest BCUT2D eigenvalue weighted by molar-refractivity contribution is 1.22. The topological polar surface area (TPSA) is 6.48 Å². The maximum atomic E-state index is 2.33. The molecule has 0 heterocycles. The van der Waals surface area contributed by atoms with Crippen LogP contribution in [0.25, 0.3) is 32.7 Å². The van der Waals surface area contributed by atoms with Gasteiger partial charge >= 0.3 is 0 Å². The molecule has 226 valence electrons. The molecule has 0 amide bonds. The molecule has 0 atom stereocenters. The van der Waals surface area contributed by atoms with Crippen molar-refractivity contribution in [3.05, 3.63) is 200 Å². The summed E-state index contributed by atoms with van der Waals surface area (Å²) in [4.78, 5) is 4.56. The van der Waals surface area contributed by atoms with Crippen LogP contribution in [0.1, 0.15) is 0 Å². The lowest BCUT2D eigenvalue weighted by Gasteiger charge is -2.27. The molecular formula is C45H36N2. The summed E-state index contributed by atoms with van der Waals surface area (Å²) in [5.74, 6) is 0. The minimum atomic E-state index is 1.15. The molecule has 2 heteroatoms. The predicted molar refractivity (Wildman–Crippen MR) is 203 cm³/mol. The number of para-hydroxylation sites is 2. The second-order valence-electron chi connectivity index (χ2n) is 11.5. The van der Waals surface area contributed by atoms with Crippen molar-refractivity contribution in [1.82, 2.24) is 0 Å². The second kappa shape index (κ2) is 13.9. The fourth-order valence-electron chi connectivity index (χ4n) is 6.13. The average molecular weight is 605 g/mol. The lowest BCUT2D eigenvalue weighted by atomic mass is 10.0. The molecule has 0 radical (unpaired) electrons. The van der Waals surface area contributed by atoms with Gasteiger partial charge in [-0.3, -0.25) is 0 Å². The Kier molecular flexibility index (Phi) is 8.74. The van der Waals surface area contributed by atoms with Gasteiger partial charge in [0.05, 0.1) is 5.69 Å². The molecular weight excluding hydrogens is 569 g/mol. The van der Waals surface area contributed by atoms with Crippen molar-refractivity contribution in [3.8, 4) is 11.1 Å². The van der Waals surface area contributed by atoms with Crippen LogP contribution in [0.15, 0.2) is 200 Å². The van der Waals surface area contributed by atoms with Gasteiger partial charge in [-0.05, 0) is 70.4 Å². The van der Waals surface area contributed by atoms with Crippen LogP contribution in [0.4, 0.5) is 28.4 Å². The van der Waals surface area contributed by atoms with Crippen LogP contribution in [0.5, 0.6) is 0 Å². The maximum Gasteiger partial charge on any atom is 0.0540 e. The van der Waals surface area contributed by atoms with Crippen molar-refractivity contribution in [2.75, 3.05) is 16.8 Å². The highest BCUT2D eigenvalue weighted by Gasteiger charge is 2.15. The highest BCUT2D eigenvalue weighted by atomic mass is 15.1. The molecule has 0 aliphatic rings. The SMILES string of the molecule is CN(c1ccccc1)c1cccc2ccccc12.c1ccc(-c2ccc(N(c3ccccc3)c3cccc4ccccc34)cc2)cc1. The summed E-state index contributed by atoms with van der Waals surface area (Å²) < 4.78 is 0. The molecule has 0 saturated carbocycles. The molecule has 47 heavy (non-hydrogen) atoms. The minimum Gasteiger partial charge on any atom is -0.344 e. The van der Waals surface area contributed by atoms with E-state index in [0.29, 0.717) is 0 Å². The zero-order valence-corrected chi connectivity index (χ0v) is 26.4. The normalized spacial score (nSPS) is 10.7. The monoisotopic (exact) mass is 604 g/mol. The van der Waals surface area contributed by atoms with Gasteiger partial charge in [0.25, 0.3) is 0 Å². The zero-order chi connectivity index (χ0) is 31.8. The van der Waals surface area contributed by atoms with E-state index in [2.05, 4.69) is 211 Å². The summed E-state index contributed by atoms with van der Waals surface area (Å²) in [5.41, 5.74) is 8.37. The average Bonchev–Trinajstić information content (AvgIpc) is 3.16. The van der Waals surface area contributed by atoms with Crippen molar-refractivity contribution in [2.24, 2.45) is 0 Å². The highest BCUT2D eigenvalue weighted by Crippen LogP contribution is 2.39. The molecule has 8 aromatic rings. The molecule has 0 bridgehead atoms. The largest absolute Gasteiger partial charge is 0.344 e. The third kappa shape index (κ3) is 6.49. The number of hydrogen-bond acceptors (Lipinski definition) is 2. The third-order valence-electron chi connectivity index (χ3n) is 8.53. The van der Waals surface area contributed by atoms with Crippen molar-refractivity contribution < 1.29 is 0 Å². The molecule has 8 aromatic carbocycles. The summed E-state index contributed by atoms with van der Waals surface area (Å²) in [7, 11) is 2.11. The fraction of sp³-hybridized carbons (Fsp3) is 0.0222. The Morgan fingerprint density at radius 3 is 1.30 bits per heavy atom. The number of anilines is 5. The van der Waals surface area contributed by atoms with E-state index in [1.807, 2.05) is 6.07 Å². The molecule has 0 aliphatic carbocycles. The summed E-state index contributed by atoms with van der Waals surface area (Å²) in [6, 6.07) is 70.3. The summed E-state index contributed by atoms with van der Waals surface area (Å²) in [5, 5.41) is 5.04. The molecule has 0 N–H and O–H groups in total. The van der Waals surface area contributed by atoms with Crippen molar-refractivity contribution in [2.45, 2.75) is 0 Å². The van der Waals surface area contributed by atoms with E-state index >= 15 is 0 Å². The van der Waals surface area contributed by atoms with E-state index in [1.165, 1.54) is 49.7 Å². The lowest BCUT2D eigenvalue weighted by Crippen LogP contribution is -2.10. The number of fused-ring (bicyclic) bond motifs is 2. The maximum absolute atomic E-state index is 2.33. The Morgan fingerprint density at radius 2 is 0.702 bits per heavy atom. The van der Waals surface area contributed by atoms with Crippen molar-refractivity contribution in [1.29, 1.82) is 0 Å². The van der Waals surface area contributed by atoms with Gasteiger partial charge in [-0.15, -0.1) is 0 Å². The standard InChI is InChI=1S/C28H21N.C17H15N/c1-3-10-22(11-4-1)23-18-20-26(21-19-23)29(25-14-5-2-6-15-25)28-17-9-13-24-12-7-8-16-27(24)28;1-18(15-10-3-2-4-11-15)17-13-7-9-14-8-5-6-12-16(14)17/h1-21H;2-13H,1H3. The molecule has 8 rings (SSSR count). The van der Waals surface area contributed by atoms with E-state index in [1.54, 1.807) is 0 Å². The van der Waals surface area contributed by atoms with Gasteiger partial charge in [-0.1, -0.05) is 152 Å². The van der Waals surface area contributed by atoms with Gasteiger partial charge < -0.3 is 9.80 Å². The first-order valence-electron chi connectivity index (χ1n) is 16.0. The van der Waals surface area contributed by atoms with Crippen LogP contribution >= 0.6 is 0 Å². The van der Waals surface area contributed by atoms with Crippen LogP contribution in [0, 0.1) is 0 Å². The third-order valence-corrected chi connectivity index (χ3v) is 8.53. The Balaban J connectivity index is 0.000000167. The van der Waals surface area contributed by atoms with Gasteiger partial charge in [0.2, 0.25) is 0 Å². The van der Waals surface area contributed by atoms with Crippen LogP contribution in [0.3, 0.4) is 0 Å². The van der Waals surface area contributed by atoms with Gasteiger partial charge in [0.15, 0.2) is 0 Å². The van der Waals surface area contributed by atoms with Crippen molar-refractivity contribution >= 4 is 50.0 Å². The van der Waals surface area contributed by atoms with Crippen molar-refractivity contribution in [3.63, 3.8) is 0 Å². The quantitative estimate of drug-likeness (QED) is 0.186. The Morgan fingerprint density at radius 1 is 0.298 bits per heavy atom. The predicted octanol–water partition coefficient (Wildman–Crippen LogP) is 12.6. The van der Waals surface area contributed by atoms with Crippen LogP contribution in [-0.2, 0) is 0 Å². The molecule has 0 saturated heterocycles. The first kappa shape index (κ1) is 29.6. The highest BCUT2D eigenvalue weighted by molar-refractivity contribution is 5.99. The summed E-state index contributed by atoms with van der Waals surface area (Å²) in [6.45, 7) is 0. The Bertz CT molecular complexity index is 2180. The molecule has 0 spiro atoms. The van der Waals surface area contributed by atoms with E-state index in [-0.39, 0.29) is 0 Å². The Hall–Kier alpha value is -6.12. The number of hydrogen-bond donors (Lipinski definition) is 0. The number of benzene rings is 8. The first-order chi connectivity index (χ1) is 23.3. The molecule has 0 aromatic heterocycles. The number of rotatable bonds is 6. The first-order valence-corrected chi connectivity index (χ1v) is 16.0. The van der Waals surface area contributed by atoms with E-state index < -0.39 is 0 Å². The van der Waals surface area contributed by atoms with E-state index in [0.717, 1.165) is 11.4 Å². The summed E-state index contributed by atoms with van der Waals surface area (Å²) in [6.07, 6.45) is 0. The molecule has 0 aliphatic heterocycles. The van der Waals surface area contributed by atoms with Gasteiger partial charge in [0, 0.05) is 40.6 Å². The second-order valence-corrected chi connectivity index (χ2v) is 11.5.